The van der Waals surface area contributed by atoms with Gasteiger partial charge in [0.25, 0.3) is 0 Å². The Kier molecular flexibility index (Phi) is 9.73. The Hall–Kier alpha value is -3.34. The van der Waals surface area contributed by atoms with E-state index in [0.717, 1.165) is 24.3 Å². The second-order valence-electron chi connectivity index (χ2n) is 8.85. The van der Waals surface area contributed by atoms with E-state index in [9.17, 15) is 22.0 Å². The smallest absolute Gasteiger partial charge is 0.338 e. The molecule has 198 valence electrons. The van der Waals surface area contributed by atoms with E-state index in [1.54, 1.807) is 0 Å². The highest BCUT2D eigenvalue weighted by Crippen LogP contribution is 2.16. The van der Waals surface area contributed by atoms with Crippen molar-refractivity contribution in [3.05, 3.63) is 101 Å². The molecule has 0 fully saturated rings. The van der Waals surface area contributed by atoms with E-state index in [-0.39, 0.29) is 24.2 Å². The van der Waals surface area contributed by atoms with Crippen molar-refractivity contribution in [1.82, 2.24) is 5.32 Å². The van der Waals surface area contributed by atoms with Crippen molar-refractivity contribution >= 4 is 21.7 Å². The lowest BCUT2D eigenvalue weighted by atomic mass is 10.0. The van der Waals surface area contributed by atoms with E-state index >= 15 is 0 Å². The quantitative estimate of drug-likeness (QED) is 0.307. The van der Waals surface area contributed by atoms with E-state index in [0.29, 0.717) is 12.1 Å². The topological polar surface area (TPSA) is 111 Å². The van der Waals surface area contributed by atoms with Crippen molar-refractivity contribution in [2.75, 3.05) is 17.5 Å². The van der Waals surface area contributed by atoms with Gasteiger partial charge in [-0.3, -0.25) is 4.72 Å². The number of anilines is 1. The van der Waals surface area contributed by atoms with Gasteiger partial charge in [0.15, 0.2) is 0 Å². The van der Waals surface area contributed by atoms with Gasteiger partial charge < -0.3 is 15.8 Å². The predicted octanol–water partition coefficient (Wildman–Crippen LogP) is 3.78. The van der Waals surface area contributed by atoms with Gasteiger partial charge >= 0.3 is 5.97 Å². The van der Waals surface area contributed by atoms with Crippen LogP contribution in [0.1, 0.15) is 34.0 Å². The molecule has 0 heterocycles. The molecule has 0 spiro atoms. The highest BCUT2D eigenvalue weighted by molar-refractivity contribution is 7.92. The largest absolute Gasteiger partial charge is 0.456 e. The molecule has 0 bridgehead atoms. The molecule has 10 heteroatoms. The second-order valence-corrected chi connectivity index (χ2v) is 10.6. The van der Waals surface area contributed by atoms with Crippen molar-refractivity contribution in [2.45, 2.75) is 38.5 Å². The summed E-state index contributed by atoms with van der Waals surface area (Å²) in [5.41, 5.74) is 9.26. The summed E-state index contributed by atoms with van der Waals surface area (Å²) < 4.78 is 58.5. The van der Waals surface area contributed by atoms with Crippen LogP contribution in [0, 0.1) is 11.6 Å². The number of benzene rings is 3. The van der Waals surface area contributed by atoms with Crippen LogP contribution in [0.3, 0.4) is 0 Å². The molecular weight excluding hydrogens is 500 g/mol. The molecular formula is C27H31F2N3O4S. The number of nitrogens with two attached hydrogens (primary N) is 1. The summed E-state index contributed by atoms with van der Waals surface area (Å²) >= 11 is 0. The third kappa shape index (κ3) is 9.23. The van der Waals surface area contributed by atoms with Crippen LogP contribution in [0.4, 0.5) is 14.5 Å². The molecule has 0 saturated carbocycles. The number of hydrogen-bond acceptors (Lipinski definition) is 6. The van der Waals surface area contributed by atoms with E-state index in [1.165, 1.54) is 42.0 Å². The number of carbonyl (C=O) groups excluding carboxylic acids is 1. The van der Waals surface area contributed by atoms with Crippen LogP contribution in [0.5, 0.6) is 0 Å². The Morgan fingerprint density at radius 1 is 0.973 bits per heavy atom. The molecule has 7 nitrogen and oxygen atoms in total. The summed E-state index contributed by atoms with van der Waals surface area (Å²) in [6, 6.07) is 16.3. The van der Waals surface area contributed by atoms with Gasteiger partial charge in [-0.1, -0.05) is 37.3 Å². The second kappa shape index (κ2) is 12.8. The Morgan fingerprint density at radius 2 is 1.65 bits per heavy atom. The Bertz CT molecular complexity index is 1310. The lowest BCUT2D eigenvalue weighted by Crippen LogP contribution is -2.46. The Balaban J connectivity index is 1.75. The number of hydrogen-bond donors (Lipinski definition) is 3. The third-order valence-electron chi connectivity index (χ3n) is 5.61. The molecule has 3 rings (SSSR count). The molecule has 0 aliphatic heterocycles. The van der Waals surface area contributed by atoms with Gasteiger partial charge in [0.1, 0.15) is 17.7 Å². The van der Waals surface area contributed by atoms with E-state index < -0.39 is 39.8 Å². The number of rotatable bonds is 12. The minimum atomic E-state index is -3.53. The Morgan fingerprint density at radius 3 is 2.32 bits per heavy atom. The zero-order valence-electron chi connectivity index (χ0n) is 20.7. The van der Waals surface area contributed by atoms with Gasteiger partial charge in [0.2, 0.25) is 10.0 Å². The molecule has 3 aromatic carbocycles. The molecule has 2 atom stereocenters. The molecule has 0 aliphatic rings. The fourth-order valence-electron chi connectivity index (χ4n) is 3.86. The first-order valence-corrected chi connectivity index (χ1v) is 13.7. The summed E-state index contributed by atoms with van der Waals surface area (Å²) in [5, 5.41) is 3.24. The van der Waals surface area contributed by atoms with Gasteiger partial charge in [0.05, 0.1) is 11.8 Å². The summed E-state index contributed by atoms with van der Waals surface area (Å²) in [5.74, 6) is -2.16. The summed E-state index contributed by atoms with van der Waals surface area (Å²) in [7, 11) is -3.53. The Labute approximate surface area is 216 Å². The fourth-order valence-corrected chi connectivity index (χ4v) is 4.42. The average Bonchev–Trinajstić information content (AvgIpc) is 2.82. The van der Waals surface area contributed by atoms with Crippen LogP contribution in [-0.2, 0) is 34.1 Å². The van der Waals surface area contributed by atoms with Crippen molar-refractivity contribution in [3.63, 3.8) is 0 Å². The predicted molar refractivity (Wildman–Crippen MR) is 140 cm³/mol. The minimum absolute atomic E-state index is 0.0648. The van der Waals surface area contributed by atoms with Crippen LogP contribution >= 0.6 is 0 Å². The molecule has 3 aromatic rings. The van der Waals surface area contributed by atoms with Crippen molar-refractivity contribution in [1.29, 1.82) is 0 Å². The molecule has 4 N–H and O–H groups in total. The third-order valence-corrected chi connectivity index (χ3v) is 6.21. The number of aryl methyl sites for hydroxylation is 1. The molecule has 0 aromatic heterocycles. The SMILES string of the molecule is CCc1cccc(CNCC(OC(=O)c2cccc(NS(C)(=O)=O)c2)C(N)Cc2cc(F)cc(F)c2)c1. The summed E-state index contributed by atoms with van der Waals surface area (Å²) in [6.45, 7) is 2.75. The highest BCUT2D eigenvalue weighted by Gasteiger charge is 2.24. The number of esters is 1. The van der Waals surface area contributed by atoms with Gasteiger partial charge in [0, 0.05) is 30.9 Å². The first kappa shape index (κ1) is 28.2. The molecule has 0 aliphatic carbocycles. The highest BCUT2D eigenvalue weighted by atomic mass is 32.2. The van der Waals surface area contributed by atoms with Gasteiger partial charge in [-0.05, 0) is 59.9 Å². The minimum Gasteiger partial charge on any atom is -0.456 e. The van der Waals surface area contributed by atoms with Crippen LogP contribution < -0.4 is 15.8 Å². The fraction of sp³-hybridized carbons (Fsp3) is 0.296. The maximum Gasteiger partial charge on any atom is 0.338 e. The first-order valence-electron chi connectivity index (χ1n) is 11.8. The molecule has 2 unspecified atom stereocenters. The number of halogens is 2. The van der Waals surface area contributed by atoms with Gasteiger partial charge in [-0.15, -0.1) is 0 Å². The standard InChI is InChI=1S/C27H31F2N3O4S/c1-3-18-6-4-7-19(10-18)16-31-17-26(25(30)13-20-11-22(28)15-23(29)12-20)36-27(33)21-8-5-9-24(14-21)32-37(2,34)35/h4-12,14-15,25-26,31-32H,3,13,16-17,30H2,1-2H3. The number of sulfonamides is 1. The van der Waals surface area contributed by atoms with E-state index in [1.807, 2.05) is 18.2 Å². The van der Waals surface area contributed by atoms with E-state index in [2.05, 4.69) is 23.0 Å². The van der Waals surface area contributed by atoms with Crippen molar-refractivity contribution in [2.24, 2.45) is 5.73 Å². The molecule has 37 heavy (non-hydrogen) atoms. The van der Waals surface area contributed by atoms with Crippen molar-refractivity contribution in [3.8, 4) is 0 Å². The maximum atomic E-state index is 13.7. The normalized spacial score (nSPS) is 13.1. The first-order chi connectivity index (χ1) is 17.5. The lowest BCUT2D eigenvalue weighted by molar-refractivity contribution is 0.0238. The molecule has 0 amide bonds. The molecule has 0 saturated heterocycles. The number of ether oxygens (including phenoxy) is 1. The summed E-state index contributed by atoms with van der Waals surface area (Å²) in [6.07, 6.45) is 1.12. The van der Waals surface area contributed by atoms with Crippen LogP contribution in [0.25, 0.3) is 0 Å². The monoisotopic (exact) mass is 531 g/mol. The van der Waals surface area contributed by atoms with Gasteiger partial charge in [-0.2, -0.15) is 0 Å². The average molecular weight is 532 g/mol. The maximum absolute atomic E-state index is 13.7. The zero-order valence-corrected chi connectivity index (χ0v) is 21.5. The number of carbonyl (C=O) groups is 1. The summed E-state index contributed by atoms with van der Waals surface area (Å²) in [4.78, 5) is 13.0. The van der Waals surface area contributed by atoms with Crippen LogP contribution in [-0.4, -0.2) is 39.3 Å². The van der Waals surface area contributed by atoms with Crippen molar-refractivity contribution < 1.29 is 26.7 Å². The molecule has 0 radical (unpaired) electrons. The van der Waals surface area contributed by atoms with Crippen LogP contribution in [0.15, 0.2) is 66.7 Å². The lowest BCUT2D eigenvalue weighted by Gasteiger charge is -2.25. The van der Waals surface area contributed by atoms with E-state index in [4.69, 9.17) is 10.5 Å². The van der Waals surface area contributed by atoms with Gasteiger partial charge in [-0.25, -0.2) is 22.0 Å². The van der Waals surface area contributed by atoms with Crippen LogP contribution in [0.2, 0.25) is 0 Å². The zero-order chi connectivity index (χ0) is 27.0. The number of nitrogens with one attached hydrogen (secondary N) is 2.